The number of hydrogen-bond acceptors (Lipinski definition) is 5. The molecular weight excluding hydrogens is 342 g/mol. The maximum absolute atomic E-state index is 12.2. The molecule has 3 rings (SSSR count). The largest absolute Gasteiger partial charge is 0.366 e. The number of rotatable bonds is 5. The standard InChI is InChI=1S/C20H25N5O2/c1-23-18(17(12-21)19(26)24(2)20(23)27)22-13-15-8-4-5-9-16(15)14-25-10-6-3-7-11-25/h4-5,8-9,22H,3,6-7,10-11,13-14H2,1-2H3. The average molecular weight is 367 g/mol. The van der Waals surface area contributed by atoms with Crippen LogP contribution in [0.2, 0.25) is 0 Å². The summed E-state index contributed by atoms with van der Waals surface area (Å²) in [4.78, 5) is 26.9. The highest BCUT2D eigenvalue weighted by Gasteiger charge is 2.16. The summed E-state index contributed by atoms with van der Waals surface area (Å²) < 4.78 is 2.27. The van der Waals surface area contributed by atoms with Crippen LogP contribution in [-0.2, 0) is 27.2 Å². The van der Waals surface area contributed by atoms with E-state index in [-0.39, 0.29) is 11.4 Å². The number of nitrogens with zero attached hydrogens (tertiary/aromatic N) is 4. The van der Waals surface area contributed by atoms with Crippen LogP contribution in [0.25, 0.3) is 0 Å². The van der Waals surface area contributed by atoms with Gasteiger partial charge in [0.1, 0.15) is 11.9 Å². The smallest absolute Gasteiger partial charge is 0.332 e. The van der Waals surface area contributed by atoms with Crippen LogP contribution in [0.5, 0.6) is 0 Å². The van der Waals surface area contributed by atoms with E-state index in [2.05, 4.69) is 16.3 Å². The first-order chi connectivity index (χ1) is 13.0. The van der Waals surface area contributed by atoms with E-state index >= 15 is 0 Å². The molecule has 1 aliphatic heterocycles. The fourth-order valence-corrected chi connectivity index (χ4v) is 3.57. The Hall–Kier alpha value is -2.85. The van der Waals surface area contributed by atoms with Crippen molar-refractivity contribution in [1.82, 2.24) is 14.0 Å². The molecule has 1 aromatic carbocycles. The maximum atomic E-state index is 12.2. The average Bonchev–Trinajstić information content (AvgIpc) is 2.70. The predicted octanol–water partition coefficient (Wildman–Crippen LogP) is 1.55. The lowest BCUT2D eigenvalue weighted by molar-refractivity contribution is 0.220. The molecule has 142 valence electrons. The molecule has 0 radical (unpaired) electrons. The molecule has 1 N–H and O–H groups in total. The first-order valence-electron chi connectivity index (χ1n) is 9.26. The molecule has 2 heterocycles. The summed E-state index contributed by atoms with van der Waals surface area (Å²) in [5.74, 6) is 0.262. The van der Waals surface area contributed by atoms with Crippen molar-refractivity contribution in [1.29, 1.82) is 5.26 Å². The van der Waals surface area contributed by atoms with Gasteiger partial charge in [-0.1, -0.05) is 30.7 Å². The van der Waals surface area contributed by atoms with Gasteiger partial charge in [-0.05, 0) is 37.1 Å². The van der Waals surface area contributed by atoms with Crippen LogP contribution in [0.15, 0.2) is 33.9 Å². The number of nitriles is 1. The second kappa shape index (κ2) is 8.23. The summed E-state index contributed by atoms with van der Waals surface area (Å²) >= 11 is 0. The van der Waals surface area contributed by atoms with Gasteiger partial charge >= 0.3 is 5.69 Å². The van der Waals surface area contributed by atoms with E-state index in [0.29, 0.717) is 6.54 Å². The van der Waals surface area contributed by atoms with Gasteiger partial charge in [0.25, 0.3) is 5.56 Å². The number of nitrogens with one attached hydrogen (secondary N) is 1. The van der Waals surface area contributed by atoms with Crippen LogP contribution in [0.1, 0.15) is 36.0 Å². The Morgan fingerprint density at radius 3 is 2.37 bits per heavy atom. The lowest BCUT2D eigenvalue weighted by Crippen LogP contribution is -2.39. The van der Waals surface area contributed by atoms with Crippen LogP contribution >= 0.6 is 0 Å². The maximum Gasteiger partial charge on any atom is 0.332 e. The molecule has 0 aliphatic carbocycles. The molecule has 0 unspecified atom stereocenters. The van der Waals surface area contributed by atoms with Crippen molar-refractivity contribution in [2.45, 2.75) is 32.4 Å². The number of likely N-dealkylation sites (tertiary alicyclic amines) is 1. The highest BCUT2D eigenvalue weighted by atomic mass is 16.2. The van der Waals surface area contributed by atoms with Crippen molar-refractivity contribution in [3.05, 3.63) is 61.8 Å². The number of aromatic nitrogens is 2. The second-order valence-corrected chi connectivity index (χ2v) is 7.00. The molecule has 0 bridgehead atoms. The van der Waals surface area contributed by atoms with E-state index < -0.39 is 11.2 Å². The Morgan fingerprint density at radius 2 is 1.70 bits per heavy atom. The third-order valence-electron chi connectivity index (χ3n) is 5.18. The van der Waals surface area contributed by atoms with Gasteiger partial charge in [-0.25, -0.2) is 4.79 Å². The van der Waals surface area contributed by atoms with E-state index in [1.165, 1.54) is 36.4 Å². The van der Waals surface area contributed by atoms with Gasteiger partial charge in [-0.3, -0.25) is 18.8 Å². The van der Waals surface area contributed by atoms with Crippen LogP contribution in [0, 0.1) is 11.3 Å². The highest BCUT2D eigenvalue weighted by molar-refractivity contribution is 5.51. The van der Waals surface area contributed by atoms with Gasteiger partial charge in [0, 0.05) is 27.2 Å². The molecule has 27 heavy (non-hydrogen) atoms. The van der Waals surface area contributed by atoms with Crippen LogP contribution in [0.4, 0.5) is 5.82 Å². The molecule has 1 fully saturated rings. The summed E-state index contributed by atoms with van der Waals surface area (Å²) in [6.45, 7) is 3.56. The number of piperidine rings is 1. The molecule has 0 atom stereocenters. The van der Waals surface area contributed by atoms with Crippen molar-refractivity contribution < 1.29 is 0 Å². The Balaban J connectivity index is 1.85. The molecule has 7 nitrogen and oxygen atoms in total. The summed E-state index contributed by atoms with van der Waals surface area (Å²) in [7, 11) is 2.94. The minimum absolute atomic E-state index is 0.0480. The zero-order valence-corrected chi connectivity index (χ0v) is 15.9. The third-order valence-corrected chi connectivity index (χ3v) is 5.18. The van der Waals surface area contributed by atoms with Crippen molar-refractivity contribution in [3.63, 3.8) is 0 Å². The first kappa shape index (κ1) is 18.9. The minimum atomic E-state index is -0.579. The Labute approximate surface area is 158 Å². The van der Waals surface area contributed by atoms with Gasteiger partial charge in [0.15, 0.2) is 5.56 Å². The van der Waals surface area contributed by atoms with E-state index in [9.17, 15) is 14.9 Å². The fraction of sp³-hybridized carbons (Fsp3) is 0.450. The quantitative estimate of drug-likeness (QED) is 0.867. The summed E-state index contributed by atoms with van der Waals surface area (Å²) in [5.41, 5.74) is 1.24. The Morgan fingerprint density at radius 1 is 1.04 bits per heavy atom. The van der Waals surface area contributed by atoms with E-state index in [1.54, 1.807) is 7.05 Å². The lowest BCUT2D eigenvalue weighted by atomic mass is 10.0. The van der Waals surface area contributed by atoms with E-state index in [0.717, 1.165) is 29.8 Å². The molecular formula is C20H25N5O2. The van der Waals surface area contributed by atoms with Gasteiger partial charge < -0.3 is 5.32 Å². The monoisotopic (exact) mass is 367 g/mol. The van der Waals surface area contributed by atoms with Crippen molar-refractivity contribution in [2.24, 2.45) is 14.1 Å². The summed E-state index contributed by atoms with van der Waals surface area (Å²) in [6.07, 6.45) is 3.77. The molecule has 0 spiro atoms. The number of anilines is 1. The number of benzene rings is 1. The topological polar surface area (TPSA) is 83.1 Å². The van der Waals surface area contributed by atoms with Crippen LogP contribution < -0.4 is 16.6 Å². The molecule has 2 aromatic rings. The molecule has 0 saturated carbocycles. The Kier molecular flexibility index (Phi) is 5.77. The molecule has 1 aromatic heterocycles. The Bertz CT molecular complexity index is 977. The summed E-state index contributed by atoms with van der Waals surface area (Å²) in [5, 5.41) is 12.5. The molecule has 1 saturated heterocycles. The van der Waals surface area contributed by atoms with Gasteiger partial charge in [-0.15, -0.1) is 0 Å². The van der Waals surface area contributed by atoms with E-state index in [1.807, 2.05) is 24.3 Å². The molecule has 1 aliphatic rings. The SMILES string of the molecule is Cn1c(NCc2ccccc2CN2CCCCC2)c(C#N)c(=O)n(C)c1=O. The van der Waals surface area contributed by atoms with E-state index in [4.69, 9.17) is 0 Å². The van der Waals surface area contributed by atoms with Crippen LogP contribution in [0.3, 0.4) is 0 Å². The molecule has 7 heteroatoms. The zero-order chi connectivity index (χ0) is 19.4. The van der Waals surface area contributed by atoms with Gasteiger partial charge in [0.2, 0.25) is 0 Å². The zero-order valence-electron chi connectivity index (χ0n) is 15.9. The van der Waals surface area contributed by atoms with Crippen molar-refractivity contribution in [2.75, 3.05) is 18.4 Å². The van der Waals surface area contributed by atoms with Crippen LogP contribution in [-0.4, -0.2) is 27.1 Å². The van der Waals surface area contributed by atoms with Gasteiger partial charge in [-0.2, -0.15) is 5.26 Å². The molecule has 0 amide bonds. The summed E-state index contributed by atoms with van der Waals surface area (Å²) in [6, 6.07) is 10.1. The van der Waals surface area contributed by atoms with Gasteiger partial charge in [0.05, 0.1) is 0 Å². The second-order valence-electron chi connectivity index (χ2n) is 7.00. The number of hydrogen-bond donors (Lipinski definition) is 1. The highest BCUT2D eigenvalue weighted by Crippen LogP contribution is 2.18. The minimum Gasteiger partial charge on any atom is -0.366 e. The predicted molar refractivity (Wildman–Crippen MR) is 105 cm³/mol. The van der Waals surface area contributed by atoms with Crippen molar-refractivity contribution >= 4 is 5.82 Å². The van der Waals surface area contributed by atoms with Crippen molar-refractivity contribution in [3.8, 4) is 6.07 Å². The normalized spacial score (nSPS) is 14.7. The lowest BCUT2D eigenvalue weighted by Gasteiger charge is -2.27. The third kappa shape index (κ3) is 3.96. The fourth-order valence-electron chi connectivity index (χ4n) is 3.57. The first-order valence-corrected chi connectivity index (χ1v) is 9.26.